The van der Waals surface area contributed by atoms with E-state index < -0.39 is 0 Å². The quantitative estimate of drug-likeness (QED) is 0.449. The first kappa shape index (κ1) is 19.2. The van der Waals surface area contributed by atoms with E-state index in [2.05, 4.69) is 46.0 Å². The molecule has 0 radical (unpaired) electrons. The van der Waals surface area contributed by atoms with E-state index in [1.54, 1.807) is 7.05 Å². The van der Waals surface area contributed by atoms with Crippen molar-refractivity contribution in [2.45, 2.75) is 18.3 Å². The van der Waals surface area contributed by atoms with Gasteiger partial charge in [-0.3, -0.25) is 4.99 Å². The molecule has 5 nitrogen and oxygen atoms in total. The molecule has 0 aliphatic carbocycles. The third-order valence-corrected chi connectivity index (χ3v) is 5.06. The largest absolute Gasteiger partial charge is 0.492 e. The zero-order valence-electron chi connectivity index (χ0n) is 16.0. The van der Waals surface area contributed by atoms with Crippen LogP contribution in [0.5, 0.6) is 5.75 Å². The number of nitrogens with one attached hydrogen (secondary N) is 2. The average molecular weight is 367 g/mol. The SMILES string of the molecule is CN=C(NCCOc1ccccc1)NCC1(c2ccccc2)CCOCC1. The first-order chi connectivity index (χ1) is 13.3. The maximum Gasteiger partial charge on any atom is 0.191 e. The van der Waals surface area contributed by atoms with E-state index in [1.807, 2.05) is 30.3 Å². The highest BCUT2D eigenvalue weighted by Crippen LogP contribution is 2.34. The van der Waals surface area contributed by atoms with Gasteiger partial charge >= 0.3 is 0 Å². The molecule has 1 aliphatic heterocycles. The summed E-state index contributed by atoms with van der Waals surface area (Å²) in [6.07, 6.45) is 2.02. The number of aliphatic imine (C=N–C) groups is 1. The summed E-state index contributed by atoms with van der Waals surface area (Å²) in [6.45, 7) is 3.71. The molecule has 1 saturated heterocycles. The Labute approximate surface area is 161 Å². The van der Waals surface area contributed by atoms with Gasteiger partial charge in [-0.2, -0.15) is 0 Å². The number of nitrogens with zero attached hydrogens (tertiary/aromatic N) is 1. The highest BCUT2D eigenvalue weighted by Gasteiger charge is 2.34. The summed E-state index contributed by atoms with van der Waals surface area (Å²) in [7, 11) is 1.80. The molecule has 1 fully saturated rings. The van der Waals surface area contributed by atoms with Crippen molar-refractivity contribution in [3.63, 3.8) is 0 Å². The van der Waals surface area contributed by atoms with Crippen molar-refractivity contribution in [1.29, 1.82) is 0 Å². The second-order valence-electron chi connectivity index (χ2n) is 6.77. The minimum absolute atomic E-state index is 0.0810. The molecule has 2 aromatic rings. The molecule has 144 valence electrons. The Morgan fingerprint density at radius 1 is 1.00 bits per heavy atom. The van der Waals surface area contributed by atoms with Crippen LogP contribution in [0.4, 0.5) is 0 Å². The first-order valence-corrected chi connectivity index (χ1v) is 9.58. The number of guanidine groups is 1. The molecule has 1 heterocycles. The normalized spacial score (nSPS) is 16.6. The van der Waals surface area contributed by atoms with Crippen molar-refractivity contribution in [3.05, 3.63) is 66.2 Å². The summed E-state index contributed by atoms with van der Waals surface area (Å²) >= 11 is 0. The van der Waals surface area contributed by atoms with Gasteiger partial charge < -0.3 is 20.1 Å². The van der Waals surface area contributed by atoms with Crippen LogP contribution in [0.3, 0.4) is 0 Å². The van der Waals surface area contributed by atoms with E-state index in [9.17, 15) is 0 Å². The minimum atomic E-state index is 0.0810. The van der Waals surface area contributed by atoms with Gasteiger partial charge in [-0.25, -0.2) is 0 Å². The van der Waals surface area contributed by atoms with E-state index in [4.69, 9.17) is 9.47 Å². The molecule has 0 atom stereocenters. The number of ether oxygens (including phenoxy) is 2. The average Bonchev–Trinajstić information content (AvgIpc) is 2.75. The molecule has 0 amide bonds. The Hall–Kier alpha value is -2.53. The zero-order chi connectivity index (χ0) is 18.8. The van der Waals surface area contributed by atoms with Crippen LogP contribution in [-0.4, -0.2) is 45.9 Å². The molecule has 1 aliphatic rings. The van der Waals surface area contributed by atoms with Crippen molar-refractivity contribution >= 4 is 5.96 Å². The van der Waals surface area contributed by atoms with Crippen LogP contribution in [0.1, 0.15) is 18.4 Å². The molecule has 0 spiro atoms. The van der Waals surface area contributed by atoms with Gasteiger partial charge in [0.25, 0.3) is 0 Å². The first-order valence-electron chi connectivity index (χ1n) is 9.58. The van der Waals surface area contributed by atoms with E-state index >= 15 is 0 Å². The Bertz CT molecular complexity index is 698. The number of benzene rings is 2. The lowest BCUT2D eigenvalue weighted by atomic mass is 9.74. The van der Waals surface area contributed by atoms with Crippen LogP contribution in [0.15, 0.2) is 65.7 Å². The highest BCUT2D eigenvalue weighted by atomic mass is 16.5. The monoisotopic (exact) mass is 367 g/mol. The van der Waals surface area contributed by atoms with E-state index in [0.717, 1.165) is 44.3 Å². The molecule has 2 aromatic carbocycles. The standard InChI is InChI=1S/C22H29N3O2/c1-23-21(24-14-17-27-20-10-6-3-7-11-20)25-18-22(12-15-26-16-13-22)19-8-4-2-5-9-19/h2-11H,12-18H2,1H3,(H2,23,24,25). The lowest BCUT2D eigenvalue weighted by molar-refractivity contribution is 0.0514. The number of hydrogen-bond donors (Lipinski definition) is 2. The van der Waals surface area contributed by atoms with E-state index in [-0.39, 0.29) is 5.41 Å². The van der Waals surface area contributed by atoms with Crippen LogP contribution in [0.25, 0.3) is 0 Å². The molecular weight excluding hydrogens is 338 g/mol. The molecule has 27 heavy (non-hydrogen) atoms. The second kappa shape index (κ2) is 9.97. The van der Waals surface area contributed by atoms with Crippen LogP contribution >= 0.6 is 0 Å². The van der Waals surface area contributed by atoms with Gasteiger partial charge in [0.2, 0.25) is 0 Å². The number of rotatable bonds is 7. The molecule has 0 saturated carbocycles. The number of para-hydroxylation sites is 1. The minimum Gasteiger partial charge on any atom is -0.492 e. The molecular formula is C22H29N3O2. The van der Waals surface area contributed by atoms with Gasteiger partial charge in [0.15, 0.2) is 5.96 Å². The summed E-state index contributed by atoms with van der Waals surface area (Å²) in [5, 5.41) is 6.84. The topological polar surface area (TPSA) is 54.9 Å². The van der Waals surface area contributed by atoms with E-state index in [0.29, 0.717) is 13.2 Å². The molecule has 0 aromatic heterocycles. The predicted molar refractivity (Wildman–Crippen MR) is 109 cm³/mol. The van der Waals surface area contributed by atoms with Crippen LogP contribution in [0, 0.1) is 0 Å². The van der Waals surface area contributed by atoms with Gasteiger partial charge in [0.05, 0.1) is 6.54 Å². The van der Waals surface area contributed by atoms with Crippen molar-refractivity contribution in [2.24, 2.45) is 4.99 Å². The Morgan fingerprint density at radius 3 is 2.33 bits per heavy atom. The van der Waals surface area contributed by atoms with Gasteiger partial charge in [0.1, 0.15) is 12.4 Å². The summed E-state index contributed by atoms with van der Waals surface area (Å²) in [4.78, 5) is 4.35. The van der Waals surface area contributed by atoms with Crippen molar-refractivity contribution in [3.8, 4) is 5.75 Å². The highest BCUT2D eigenvalue weighted by molar-refractivity contribution is 5.79. The molecule has 2 N–H and O–H groups in total. The Balaban J connectivity index is 1.51. The van der Waals surface area contributed by atoms with Gasteiger partial charge in [0, 0.05) is 32.2 Å². The number of hydrogen-bond acceptors (Lipinski definition) is 3. The van der Waals surface area contributed by atoms with Gasteiger partial charge in [-0.1, -0.05) is 48.5 Å². The van der Waals surface area contributed by atoms with Gasteiger partial charge in [-0.05, 0) is 30.5 Å². The fraction of sp³-hybridized carbons (Fsp3) is 0.409. The Kier molecular flexibility index (Phi) is 7.11. The maximum absolute atomic E-state index is 5.72. The van der Waals surface area contributed by atoms with E-state index in [1.165, 1.54) is 5.56 Å². The van der Waals surface area contributed by atoms with Crippen molar-refractivity contribution in [1.82, 2.24) is 10.6 Å². The molecule has 3 rings (SSSR count). The fourth-order valence-corrected chi connectivity index (χ4v) is 3.45. The second-order valence-corrected chi connectivity index (χ2v) is 6.77. The van der Waals surface area contributed by atoms with Gasteiger partial charge in [-0.15, -0.1) is 0 Å². The lowest BCUT2D eigenvalue weighted by Gasteiger charge is -2.38. The molecule has 5 heteroatoms. The third kappa shape index (κ3) is 5.47. The smallest absolute Gasteiger partial charge is 0.191 e. The van der Waals surface area contributed by atoms with Crippen molar-refractivity contribution in [2.75, 3.05) is 40.0 Å². The summed E-state index contributed by atoms with van der Waals surface area (Å²) in [5.41, 5.74) is 1.45. The predicted octanol–water partition coefficient (Wildman–Crippen LogP) is 2.98. The zero-order valence-corrected chi connectivity index (χ0v) is 16.0. The van der Waals surface area contributed by atoms with Crippen LogP contribution in [-0.2, 0) is 10.2 Å². The summed E-state index contributed by atoms with van der Waals surface area (Å²) in [6, 6.07) is 20.6. The molecule has 0 unspecified atom stereocenters. The third-order valence-electron chi connectivity index (χ3n) is 5.06. The lowest BCUT2D eigenvalue weighted by Crippen LogP contribution is -2.48. The summed E-state index contributed by atoms with van der Waals surface area (Å²) < 4.78 is 11.3. The van der Waals surface area contributed by atoms with Crippen molar-refractivity contribution < 1.29 is 9.47 Å². The summed E-state index contributed by atoms with van der Waals surface area (Å²) in [5.74, 6) is 1.68. The Morgan fingerprint density at radius 2 is 1.67 bits per heavy atom. The fourth-order valence-electron chi connectivity index (χ4n) is 3.45. The molecule has 0 bridgehead atoms. The van der Waals surface area contributed by atoms with Crippen LogP contribution < -0.4 is 15.4 Å². The maximum atomic E-state index is 5.72. The van der Waals surface area contributed by atoms with Crippen LogP contribution in [0.2, 0.25) is 0 Å².